The first kappa shape index (κ1) is 19.4. The van der Waals surface area contributed by atoms with Gasteiger partial charge in [-0.3, -0.25) is 19.9 Å². The Morgan fingerprint density at radius 1 is 1.03 bits per heavy atom. The number of benzene rings is 2. The van der Waals surface area contributed by atoms with E-state index >= 15 is 0 Å². The van der Waals surface area contributed by atoms with Crippen molar-refractivity contribution in [3.63, 3.8) is 0 Å². The van der Waals surface area contributed by atoms with Crippen molar-refractivity contribution in [2.75, 3.05) is 5.75 Å². The summed E-state index contributed by atoms with van der Waals surface area (Å²) < 4.78 is 0. The van der Waals surface area contributed by atoms with Gasteiger partial charge in [0.1, 0.15) is 0 Å². The summed E-state index contributed by atoms with van der Waals surface area (Å²) in [6, 6.07) is 16.3. The van der Waals surface area contributed by atoms with Gasteiger partial charge < -0.3 is 0 Å². The average molecular weight is 407 g/mol. The third-order valence-electron chi connectivity index (χ3n) is 4.86. The lowest BCUT2D eigenvalue weighted by atomic mass is 9.99. The molecular weight excluding hydrogens is 384 g/mol. The molecule has 0 saturated heterocycles. The third-order valence-corrected chi connectivity index (χ3v) is 5.75. The van der Waals surface area contributed by atoms with Crippen LogP contribution in [0.2, 0.25) is 0 Å². The Hall–Kier alpha value is -2.93. The molecular formula is C22H22N4O2S. The monoisotopic (exact) mass is 406 g/mol. The molecule has 0 saturated carbocycles. The molecule has 4 rings (SSSR count). The van der Waals surface area contributed by atoms with Gasteiger partial charge in [-0.25, -0.2) is 4.99 Å². The van der Waals surface area contributed by atoms with Crippen LogP contribution in [0.4, 0.5) is 5.69 Å². The number of amides is 2. The second kappa shape index (κ2) is 8.21. The predicted octanol–water partition coefficient (Wildman–Crippen LogP) is 4.08. The van der Waals surface area contributed by atoms with Crippen LogP contribution in [0.25, 0.3) is 0 Å². The van der Waals surface area contributed by atoms with Gasteiger partial charge in [-0.2, -0.15) is 5.10 Å². The highest BCUT2D eigenvalue weighted by molar-refractivity contribution is 8.14. The number of hydrazone groups is 1. The number of rotatable bonds is 5. The summed E-state index contributed by atoms with van der Waals surface area (Å²) in [5, 5.41) is 5.21. The number of aliphatic imine (C=N–C) groups is 1. The van der Waals surface area contributed by atoms with Crippen molar-refractivity contribution in [1.29, 1.82) is 0 Å². The van der Waals surface area contributed by atoms with E-state index in [0.717, 1.165) is 11.4 Å². The van der Waals surface area contributed by atoms with Gasteiger partial charge >= 0.3 is 0 Å². The van der Waals surface area contributed by atoms with E-state index in [1.807, 2.05) is 30.3 Å². The lowest BCUT2D eigenvalue weighted by molar-refractivity contribution is 0.0613. The number of amidine groups is 1. The molecule has 2 amide bonds. The first-order valence-corrected chi connectivity index (χ1v) is 10.6. The molecule has 2 aromatic carbocycles. The number of nitrogens with one attached hydrogen (secondary N) is 1. The van der Waals surface area contributed by atoms with Gasteiger partial charge in [0.25, 0.3) is 11.8 Å². The summed E-state index contributed by atoms with van der Waals surface area (Å²) in [5.41, 5.74) is 5.56. The standard InChI is InChI=1S/C22H22N4O2S/c1-14(2)12-19(26-20(27)16-10-6-7-11-17(16)21(26)28)18-13-29-22(25-24-18)23-15-8-4-3-5-9-15/h3-11,14,19H,12-13H2,1-2H3,(H,23,25). The van der Waals surface area contributed by atoms with Crippen LogP contribution in [0.5, 0.6) is 0 Å². The van der Waals surface area contributed by atoms with Crippen LogP contribution in [0.1, 0.15) is 41.0 Å². The number of fused-ring (bicyclic) bond motifs is 1. The van der Waals surface area contributed by atoms with E-state index in [2.05, 4.69) is 29.4 Å². The SMILES string of the molecule is CC(C)CC(C1=NNC(=Nc2ccccc2)SC1)N1C(=O)c2ccccc2C1=O. The lowest BCUT2D eigenvalue weighted by Crippen LogP contribution is -2.48. The van der Waals surface area contributed by atoms with E-state index in [-0.39, 0.29) is 17.9 Å². The maximum atomic E-state index is 13.0. The molecule has 1 unspecified atom stereocenters. The van der Waals surface area contributed by atoms with Crippen molar-refractivity contribution < 1.29 is 9.59 Å². The number of nitrogens with zero attached hydrogens (tertiary/aromatic N) is 3. The topological polar surface area (TPSA) is 74.1 Å². The first-order chi connectivity index (χ1) is 14.0. The van der Waals surface area contributed by atoms with Crippen molar-refractivity contribution in [3.8, 4) is 0 Å². The van der Waals surface area contributed by atoms with Crippen LogP contribution in [-0.2, 0) is 0 Å². The molecule has 29 heavy (non-hydrogen) atoms. The number of imide groups is 1. The van der Waals surface area contributed by atoms with Crippen molar-refractivity contribution >= 4 is 40.1 Å². The van der Waals surface area contributed by atoms with E-state index in [9.17, 15) is 9.59 Å². The average Bonchev–Trinajstić information content (AvgIpc) is 2.98. The Kier molecular flexibility index (Phi) is 5.49. The summed E-state index contributed by atoms with van der Waals surface area (Å²) >= 11 is 1.53. The quantitative estimate of drug-likeness (QED) is 0.760. The predicted molar refractivity (Wildman–Crippen MR) is 117 cm³/mol. The fraction of sp³-hybridized carbons (Fsp3) is 0.273. The van der Waals surface area contributed by atoms with E-state index in [1.165, 1.54) is 16.7 Å². The van der Waals surface area contributed by atoms with Gasteiger partial charge in [-0.1, -0.05) is 55.9 Å². The van der Waals surface area contributed by atoms with Crippen LogP contribution in [0.3, 0.4) is 0 Å². The zero-order chi connectivity index (χ0) is 20.4. The Bertz CT molecular complexity index is 966. The second-order valence-electron chi connectivity index (χ2n) is 7.43. The molecule has 2 aliphatic rings. The van der Waals surface area contributed by atoms with Gasteiger partial charge in [0.15, 0.2) is 5.17 Å². The minimum atomic E-state index is -0.374. The minimum Gasteiger partial charge on any atom is -0.269 e. The molecule has 0 spiro atoms. The Morgan fingerprint density at radius 3 is 2.21 bits per heavy atom. The fourth-order valence-corrected chi connectivity index (χ4v) is 4.32. The highest BCUT2D eigenvalue weighted by Gasteiger charge is 2.42. The van der Waals surface area contributed by atoms with Gasteiger partial charge in [-0.15, -0.1) is 0 Å². The third kappa shape index (κ3) is 3.96. The zero-order valence-corrected chi connectivity index (χ0v) is 17.1. The Labute approximate surface area is 174 Å². The molecule has 0 aliphatic carbocycles. The molecule has 6 nitrogen and oxygen atoms in total. The van der Waals surface area contributed by atoms with E-state index in [1.54, 1.807) is 24.3 Å². The maximum Gasteiger partial charge on any atom is 0.262 e. The molecule has 148 valence electrons. The highest BCUT2D eigenvalue weighted by Crippen LogP contribution is 2.29. The molecule has 2 heterocycles. The largest absolute Gasteiger partial charge is 0.269 e. The molecule has 0 fully saturated rings. The highest BCUT2D eigenvalue weighted by atomic mass is 32.2. The molecule has 2 aliphatic heterocycles. The molecule has 1 N–H and O–H groups in total. The van der Waals surface area contributed by atoms with Crippen LogP contribution in [-0.4, -0.2) is 39.4 Å². The molecule has 7 heteroatoms. The first-order valence-electron chi connectivity index (χ1n) is 9.60. The number of carbonyl (C=O) groups is 2. The van der Waals surface area contributed by atoms with E-state index < -0.39 is 0 Å². The summed E-state index contributed by atoms with van der Waals surface area (Å²) in [4.78, 5) is 31.9. The number of hydrogen-bond acceptors (Lipinski definition) is 5. The lowest BCUT2D eigenvalue weighted by Gasteiger charge is -2.30. The smallest absolute Gasteiger partial charge is 0.262 e. The van der Waals surface area contributed by atoms with Crippen molar-refractivity contribution in [3.05, 3.63) is 65.7 Å². The normalized spacial score (nSPS) is 18.7. The van der Waals surface area contributed by atoms with Gasteiger partial charge in [-0.05, 0) is 36.6 Å². The second-order valence-corrected chi connectivity index (χ2v) is 8.39. The Balaban J connectivity index is 1.60. The van der Waals surface area contributed by atoms with Gasteiger partial charge in [0, 0.05) is 5.75 Å². The van der Waals surface area contributed by atoms with Crippen molar-refractivity contribution in [1.82, 2.24) is 10.3 Å². The van der Waals surface area contributed by atoms with Crippen molar-refractivity contribution in [2.45, 2.75) is 26.3 Å². The van der Waals surface area contributed by atoms with Crippen LogP contribution in [0.15, 0.2) is 64.7 Å². The van der Waals surface area contributed by atoms with Crippen LogP contribution >= 0.6 is 11.8 Å². The van der Waals surface area contributed by atoms with E-state index in [4.69, 9.17) is 0 Å². The van der Waals surface area contributed by atoms with E-state index in [0.29, 0.717) is 34.4 Å². The fourth-order valence-electron chi connectivity index (χ4n) is 3.50. The van der Waals surface area contributed by atoms with Gasteiger partial charge in [0.2, 0.25) is 0 Å². The molecule has 0 aromatic heterocycles. The summed E-state index contributed by atoms with van der Waals surface area (Å²) in [5.74, 6) is 0.389. The molecule has 2 aromatic rings. The van der Waals surface area contributed by atoms with Gasteiger partial charge in [0.05, 0.1) is 28.6 Å². The summed E-state index contributed by atoms with van der Waals surface area (Å²) in [6.07, 6.45) is 0.664. The maximum absolute atomic E-state index is 13.0. The number of para-hydroxylation sites is 1. The molecule has 0 radical (unpaired) electrons. The summed E-state index contributed by atoms with van der Waals surface area (Å²) in [7, 11) is 0. The van der Waals surface area contributed by atoms with Crippen LogP contribution < -0.4 is 5.43 Å². The Morgan fingerprint density at radius 2 is 1.66 bits per heavy atom. The summed E-state index contributed by atoms with van der Waals surface area (Å²) in [6.45, 7) is 4.16. The minimum absolute atomic E-state index is 0.243. The molecule has 0 bridgehead atoms. The van der Waals surface area contributed by atoms with Crippen molar-refractivity contribution in [2.24, 2.45) is 16.0 Å². The number of carbonyl (C=O) groups excluding carboxylic acids is 2. The number of thioether (sulfide) groups is 1. The van der Waals surface area contributed by atoms with Crippen LogP contribution in [0, 0.1) is 5.92 Å². The zero-order valence-electron chi connectivity index (χ0n) is 16.3. The molecule has 1 atom stereocenters. The number of hydrogen-bond donors (Lipinski definition) is 1.